The van der Waals surface area contributed by atoms with Crippen LogP contribution in [-0.2, 0) is 11.2 Å². The van der Waals surface area contributed by atoms with Crippen molar-refractivity contribution in [1.29, 1.82) is 0 Å². The monoisotopic (exact) mass is 434 g/mol. The van der Waals surface area contributed by atoms with Crippen LogP contribution in [0.3, 0.4) is 0 Å². The number of aryl methyl sites for hydroxylation is 1. The summed E-state index contributed by atoms with van der Waals surface area (Å²) < 4.78 is 0. The first kappa shape index (κ1) is 20.6. The highest BCUT2D eigenvalue weighted by molar-refractivity contribution is 6.23. The number of carbonyl (C=O) groups is 3. The largest absolute Gasteiger partial charge is 0.324 e. The highest BCUT2D eigenvalue weighted by Gasteiger charge is 2.42. The van der Waals surface area contributed by atoms with Crippen LogP contribution in [0.4, 0.5) is 5.69 Å². The molecule has 5 rings (SSSR count). The summed E-state index contributed by atoms with van der Waals surface area (Å²) >= 11 is 0. The molecule has 0 fully saturated rings. The van der Waals surface area contributed by atoms with Crippen molar-refractivity contribution in [2.24, 2.45) is 0 Å². The van der Waals surface area contributed by atoms with Crippen LogP contribution in [0.25, 0.3) is 10.8 Å². The molecule has 162 valence electrons. The summed E-state index contributed by atoms with van der Waals surface area (Å²) in [6, 6.07) is 26.9. The molecule has 1 unspecified atom stereocenters. The predicted octanol–water partition coefficient (Wildman–Crippen LogP) is 4.99. The van der Waals surface area contributed by atoms with E-state index in [1.165, 1.54) is 0 Å². The predicted molar refractivity (Wildman–Crippen MR) is 128 cm³/mol. The van der Waals surface area contributed by atoms with Crippen molar-refractivity contribution in [3.63, 3.8) is 0 Å². The van der Waals surface area contributed by atoms with E-state index in [9.17, 15) is 14.4 Å². The van der Waals surface area contributed by atoms with Crippen LogP contribution in [0.1, 0.15) is 31.8 Å². The van der Waals surface area contributed by atoms with Crippen molar-refractivity contribution < 1.29 is 14.4 Å². The first-order valence-electron chi connectivity index (χ1n) is 10.8. The quantitative estimate of drug-likeness (QED) is 0.450. The molecule has 0 aliphatic carbocycles. The Morgan fingerprint density at radius 1 is 0.818 bits per heavy atom. The fraction of sp³-hybridized carbons (Fsp3) is 0.107. The highest BCUT2D eigenvalue weighted by atomic mass is 16.2. The fourth-order valence-electron chi connectivity index (χ4n) is 4.41. The Morgan fingerprint density at radius 2 is 1.45 bits per heavy atom. The van der Waals surface area contributed by atoms with Gasteiger partial charge in [0.1, 0.15) is 6.04 Å². The van der Waals surface area contributed by atoms with Gasteiger partial charge in [0.25, 0.3) is 11.8 Å². The van der Waals surface area contributed by atoms with Gasteiger partial charge >= 0.3 is 0 Å². The summed E-state index contributed by atoms with van der Waals surface area (Å²) in [5.41, 5.74) is 3.22. The Hall–Kier alpha value is -4.25. The van der Waals surface area contributed by atoms with Crippen molar-refractivity contribution >= 4 is 34.2 Å². The molecule has 5 heteroatoms. The van der Waals surface area contributed by atoms with Gasteiger partial charge in [-0.05, 0) is 36.1 Å². The second-order valence-corrected chi connectivity index (χ2v) is 8.25. The molecule has 1 heterocycles. The van der Waals surface area contributed by atoms with Crippen molar-refractivity contribution in [3.8, 4) is 0 Å². The first-order valence-corrected chi connectivity index (χ1v) is 10.8. The number of hydrogen-bond acceptors (Lipinski definition) is 3. The Balaban J connectivity index is 1.53. The lowest BCUT2D eigenvalue weighted by Gasteiger charge is -2.26. The summed E-state index contributed by atoms with van der Waals surface area (Å²) in [4.78, 5) is 41.1. The van der Waals surface area contributed by atoms with Gasteiger partial charge in [-0.15, -0.1) is 0 Å². The molecule has 1 aliphatic rings. The molecule has 4 aromatic carbocycles. The van der Waals surface area contributed by atoms with Gasteiger partial charge in [0, 0.05) is 17.5 Å². The van der Waals surface area contributed by atoms with Crippen molar-refractivity contribution in [1.82, 2.24) is 4.90 Å². The summed E-state index contributed by atoms with van der Waals surface area (Å²) in [6.07, 6.45) is 0.226. The van der Waals surface area contributed by atoms with E-state index in [0.29, 0.717) is 16.8 Å². The molecule has 0 spiro atoms. The van der Waals surface area contributed by atoms with Gasteiger partial charge in [0.15, 0.2) is 0 Å². The average molecular weight is 434 g/mol. The van der Waals surface area contributed by atoms with Crippen LogP contribution < -0.4 is 5.32 Å². The molecule has 4 aromatic rings. The van der Waals surface area contributed by atoms with Gasteiger partial charge in [-0.25, -0.2) is 0 Å². The first-order chi connectivity index (χ1) is 16.0. The van der Waals surface area contributed by atoms with Crippen molar-refractivity contribution in [2.45, 2.75) is 19.4 Å². The van der Waals surface area contributed by atoms with Gasteiger partial charge in [-0.1, -0.05) is 78.4 Å². The molecule has 0 saturated heterocycles. The maximum atomic E-state index is 13.6. The summed E-state index contributed by atoms with van der Waals surface area (Å²) in [7, 11) is 0. The lowest BCUT2D eigenvalue weighted by Crippen LogP contribution is -2.48. The molecule has 1 N–H and O–H groups in total. The smallest absolute Gasteiger partial charge is 0.262 e. The normalized spacial score (nSPS) is 13.8. The number of benzene rings is 4. The van der Waals surface area contributed by atoms with E-state index in [-0.39, 0.29) is 6.42 Å². The molecule has 5 nitrogen and oxygen atoms in total. The SMILES string of the molecule is Cc1cccc(CC(C(=O)Nc2cccc3ccccc23)N2C(=O)c3ccccc3C2=O)c1. The van der Waals surface area contributed by atoms with Gasteiger partial charge < -0.3 is 5.32 Å². The lowest BCUT2D eigenvalue weighted by atomic mass is 10.0. The topological polar surface area (TPSA) is 66.5 Å². The Kier molecular flexibility index (Phi) is 5.23. The zero-order valence-corrected chi connectivity index (χ0v) is 18.1. The number of fused-ring (bicyclic) bond motifs is 2. The second-order valence-electron chi connectivity index (χ2n) is 8.25. The minimum Gasteiger partial charge on any atom is -0.324 e. The Bertz CT molecular complexity index is 1370. The third-order valence-corrected chi connectivity index (χ3v) is 6.00. The molecule has 0 saturated carbocycles. The molecular weight excluding hydrogens is 412 g/mol. The van der Waals surface area contributed by atoms with Gasteiger partial charge in [0.2, 0.25) is 5.91 Å². The standard InChI is InChI=1S/C28H22N2O3/c1-18-8-6-9-19(16-18)17-25(30-27(32)22-13-4-5-14-23(22)28(30)33)26(31)29-24-15-7-11-20-10-2-3-12-21(20)24/h2-16,25H,17H2,1H3,(H,29,31). The maximum Gasteiger partial charge on any atom is 0.262 e. The summed E-state index contributed by atoms with van der Waals surface area (Å²) in [6.45, 7) is 1.97. The van der Waals surface area contributed by atoms with Crippen LogP contribution in [-0.4, -0.2) is 28.7 Å². The van der Waals surface area contributed by atoms with Crippen molar-refractivity contribution in [3.05, 3.63) is 113 Å². The summed E-state index contributed by atoms with van der Waals surface area (Å²) in [5, 5.41) is 4.87. The number of carbonyl (C=O) groups excluding carboxylic acids is 3. The van der Waals surface area contributed by atoms with Crippen LogP contribution >= 0.6 is 0 Å². The van der Waals surface area contributed by atoms with E-state index in [4.69, 9.17) is 0 Å². The number of rotatable bonds is 5. The van der Waals surface area contributed by atoms with E-state index in [0.717, 1.165) is 26.8 Å². The highest BCUT2D eigenvalue weighted by Crippen LogP contribution is 2.28. The molecule has 33 heavy (non-hydrogen) atoms. The van der Waals surface area contributed by atoms with Crippen LogP contribution in [0.5, 0.6) is 0 Å². The van der Waals surface area contributed by atoms with E-state index >= 15 is 0 Å². The van der Waals surface area contributed by atoms with Crippen molar-refractivity contribution in [2.75, 3.05) is 5.32 Å². The second kappa shape index (κ2) is 8.36. The van der Waals surface area contributed by atoms with E-state index < -0.39 is 23.8 Å². The number of hydrogen-bond donors (Lipinski definition) is 1. The molecule has 1 aliphatic heterocycles. The van der Waals surface area contributed by atoms with Gasteiger partial charge in [-0.3, -0.25) is 19.3 Å². The third kappa shape index (κ3) is 3.78. The van der Waals surface area contributed by atoms with E-state index in [2.05, 4.69) is 5.32 Å². The molecular formula is C28H22N2O3. The molecule has 0 bridgehead atoms. The fourth-order valence-corrected chi connectivity index (χ4v) is 4.41. The number of amides is 3. The zero-order chi connectivity index (χ0) is 22.9. The number of imide groups is 1. The number of nitrogens with one attached hydrogen (secondary N) is 1. The molecule has 3 amide bonds. The summed E-state index contributed by atoms with van der Waals surface area (Å²) in [5.74, 6) is -1.29. The maximum absolute atomic E-state index is 13.6. The average Bonchev–Trinajstić information content (AvgIpc) is 3.08. The van der Waals surface area contributed by atoms with Crippen LogP contribution in [0.2, 0.25) is 0 Å². The van der Waals surface area contributed by atoms with Crippen LogP contribution in [0.15, 0.2) is 91.0 Å². The molecule has 1 atom stereocenters. The number of nitrogens with zero attached hydrogens (tertiary/aromatic N) is 1. The van der Waals surface area contributed by atoms with Crippen LogP contribution in [0, 0.1) is 6.92 Å². The lowest BCUT2D eigenvalue weighted by molar-refractivity contribution is -0.119. The van der Waals surface area contributed by atoms with E-state index in [1.54, 1.807) is 24.3 Å². The Morgan fingerprint density at radius 3 is 2.18 bits per heavy atom. The van der Waals surface area contributed by atoms with Gasteiger partial charge in [0.05, 0.1) is 11.1 Å². The molecule has 0 aromatic heterocycles. The minimum absolute atomic E-state index is 0.226. The zero-order valence-electron chi connectivity index (χ0n) is 18.1. The van der Waals surface area contributed by atoms with Gasteiger partial charge in [-0.2, -0.15) is 0 Å². The Labute approximate surface area is 191 Å². The third-order valence-electron chi connectivity index (χ3n) is 6.00. The molecule has 0 radical (unpaired) electrons. The number of anilines is 1. The van der Waals surface area contributed by atoms with E-state index in [1.807, 2.05) is 73.7 Å². The minimum atomic E-state index is -0.988.